The number of aromatic amines is 1. The lowest BCUT2D eigenvalue weighted by Crippen LogP contribution is -2.14. The number of hydrogen-bond acceptors (Lipinski definition) is 5. The van der Waals surface area contributed by atoms with Crippen LogP contribution in [0.3, 0.4) is 0 Å². The third-order valence-electron chi connectivity index (χ3n) is 3.80. The lowest BCUT2D eigenvalue weighted by Gasteiger charge is -2.03. The molecule has 0 aliphatic rings. The van der Waals surface area contributed by atoms with Gasteiger partial charge in [-0.3, -0.25) is 4.79 Å². The molecule has 0 fully saturated rings. The molecule has 142 valence electrons. The average Bonchev–Trinajstić information content (AvgIpc) is 2.92. The Balaban J connectivity index is 2.00. The van der Waals surface area contributed by atoms with Crippen LogP contribution in [0, 0.1) is 19.7 Å². The number of aromatic nitrogens is 1. The van der Waals surface area contributed by atoms with Crippen molar-refractivity contribution in [3.8, 4) is 0 Å². The van der Waals surface area contributed by atoms with Crippen LogP contribution in [0.5, 0.6) is 0 Å². The SMILES string of the molecule is CCOC(=O)c1c(C)[nH]c(C(=O)COC(=O)C=Cc2cccc(F)c2)c1C. The van der Waals surface area contributed by atoms with Gasteiger partial charge in [0, 0.05) is 11.8 Å². The van der Waals surface area contributed by atoms with Gasteiger partial charge in [0.1, 0.15) is 5.82 Å². The van der Waals surface area contributed by atoms with Gasteiger partial charge in [0.2, 0.25) is 5.78 Å². The van der Waals surface area contributed by atoms with Crippen molar-refractivity contribution in [1.82, 2.24) is 4.98 Å². The fourth-order valence-electron chi connectivity index (χ4n) is 2.57. The van der Waals surface area contributed by atoms with Crippen LogP contribution < -0.4 is 0 Å². The van der Waals surface area contributed by atoms with Gasteiger partial charge in [-0.05, 0) is 50.1 Å². The zero-order valence-corrected chi connectivity index (χ0v) is 15.3. The number of H-pyrrole nitrogens is 1. The van der Waals surface area contributed by atoms with Crippen LogP contribution in [0.2, 0.25) is 0 Å². The summed E-state index contributed by atoms with van der Waals surface area (Å²) in [6, 6.07) is 5.69. The van der Waals surface area contributed by atoms with Crippen molar-refractivity contribution in [2.24, 2.45) is 0 Å². The number of aryl methyl sites for hydroxylation is 1. The first-order chi connectivity index (χ1) is 12.8. The summed E-state index contributed by atoms with van der Waals surface area (Å²) < 4.78 is 23.0. The minimum atomic E-state index is -0.737. The van der Waals surface area contributed by atoms with Gasteiger partial charge in [0.25, 0.3) is 0 Å². The molecule has 0 amide bonds. The first-order valence-electron chi connectivity index (χ1n) is 8.33. The average molecular weight is 373 g/mol. The number of carbonyl (C=O) groups excluding carboxylic acids is 3. The van der Waals surface area contributed by atoms with Crippen molar-refractivity contribution >= 4 is 23.8 Å². The van der Waals surface area contributed by atoms with E-state index in [1.54, 1.807) is 26.8 Å². The summed E-state index contributed by atoms with van der Waals surface area (Å²) in [5.41, 5.74) is 1.94. The number of hydrogen-bond donors (Lipinski definition) is 1. The molecule has 0 saturated carbocycles. The Bertz CT molecular complexity index is 898. The number of nitrogens with one attached hydrogen (secondary N) is 1. The van der Waals surface area contributed by atoms with Crippen LogP contribution in [-0.2, 0) is 14.3 Å². The minimum absolute atomic E-state index is 0.192. The van der Waals surface area contributed by atoms with Gasteiger partial charge in [0.15, 0.2) is 6.61 Å². The van der Waals surface area contributed by atoms with Crippen molar-refractivity contribution < 1.29 is 28.2 Å². The third-order valence-corrected chi connectivity index (χ3v) is 3.80. The van der Waals surface area contributed by atoms with Gasteiger partial charge in [-0.1, -0.05) is 12.1 Å². The van der Waals surface area contributed by atoms with Gasteiger partial charge in [0.05, 0.1) is 17.9 Å². The Labute approximate surface area is 156 Å². The number of esters is 2. The maximum absolute atomic E-state index is 13.1. The molecule has 2 rings (SSSR count). The number of halogens is 1. The first-order valence-corrected chi connectivity index (χ1v) is 8.33. The molecular formula is C20H20FNO5. The van der Waals surface area contributed by atoms with Crippen molar-refractivity contribution in [2.75, 3.05) is 13.2 Å². The number of Topliss-reactive ketones (excluding diaryl/α,β-unsaturated/α-hetero) is 1. The Morgan fingerprint density at radius 3 is 2.59 bits per heavy atom. The van der Waals surface area contributed by atoms with Crippen LogP contribution in [0.25, 0.3) is 6.08 Å². The van der Waals surface area contributed by atoms with Crippen LogP contribution >= 0.6 is 0 Å². The van der Waals surface area contributed by atoms with E-state index in [4.69, 9.17) is 9.47 Å². The van der Waals surface area contributed by atoms with Gasteiger partial charge in [-0.25, -0.2) is 14.0 Å². The quantitative estimate of drug-likeness (QED) is 0.457. The lowest BCUT2D eigenvalue weighted by molar-refractivity contribution is -0.136. The maximum atomic E-state index is 13.1. The van der Waals surface area contributed by atoms with Gasteiger partial charge in [-0.2, -0.15) is 0 Å². The highest BCUT2D eigenvalue weighted by molar-refractivity contribution is 6.03. The maximum Gasteiger partial charge on any atom is 0.340 e. The molecule has 1 aromatic heterocycles. The van der Waals surface area contributed by atoms with E-state index in [1.165, 1.54) is 24.3 Å². The Hall–Kier alpha value is -3.22. The van der Waals surface area contributed by atoms with E-state index in [9.17, 15) is 18.8 Å². The Kier molecular flexibility index (Phi) is 6.65. The molecule has 6 nitrogen and oxygen atoms in total. The van der Waals surface area contributed by atoms with E-state index < -0.39 is 30.1 Å². The summed E-state index contributed by atoms with van der Waals surface area (Å²) in [7, 11) is 0. The van der Waals surface area contributed by atoms with E-state index in [0.717, 1.165) is 6.08 Å². The fourth-order valence-corrected chi connectivity index (χ4v) is 2.57. The number of carbonyl (C=O) groups is 3. The number of ketones is 1. The monoisotopic (exact) mass is 373 g/mol. The van der Waals surface area contributed by atoms with Crippen LogP contribution in [0.1, 0.15) is 44.6 Å². The van der Waals surface area contributed by atoms with Gasteiger partial charge < -0.3 is 14.5 Å². The number of benzene rings is 1. The molecule has 0 spiro atoms. The topological polar surface area (TPSA) is 85.5 Å². The molecule has 1 N–H and O–H groups in total. The molecule has 0 atom stereocenters. The highest BCUT2D eigenvalue weighted by atomic mass is 19.1. The normalized spacial score (nSPS) is 10.8. The zero-order chi connectivity index (χ0) is 20.0. The second kappa shape index (κ2) is 8.93. The summed E-state index contributed by atoms with van der Waals surface area (Å²) in [4.78, 5) is 38.8. The van der Waals surface area contributed by atoms with Crippen molar-refractivity contribution in [1.29, 1.82) is 0 Å². The van der Waals surface area contributed by atoms with E-state index >= 15 is 0 Å². The molecule has 0 radical (unpaired) electrons. The van der Waals surface area contributed by atoms with E-state index in [1.807, 2.05) is 0 Å². The summed E-state index contributed by atoms with van der Waals surface area (Å²) in [6.45, 7) is 4.70. The van der Waals surface area contributed by atoms with E-state index in [-0.39, 0.29) is 12.3 Å². The van der Waals surface area contributed by atoms with Crippen molar-refractivity contribution in [3.63, 3.8) is 0 Å². The summed E-state index contributed by atoms with van der Waals surface area (Å²) in [6.07, 6.45) is 2.50. The summed E-state index contributed by atoms with van der Waals surface area (Å²) in [5, 5.41) is 0. The largest absolute Gasteiger partial charge is 0.462 e. The second-order valence-corrected chi connectivity index (χ2v) is 5.76. The molecular weight excluding hydrogens is 353 g/mol. The summed E-state index contributed by atoms with van der Waals surface area (Å²) >= 11 is 0. The lowest BCUT2D eigenvalue weighted by atomic mass is 10.1. The molecule has 0 aliphatic heterocycles. The van der Waals surface area contributed by atoms with Gasteiger partial charge in [-0.15, -0.1) is 0 Å². The van der Waals surface area contributed by atoms with Crippen LogP contribution in [-0.4, -0.2) is 35.9 Å². The molecule has 2 aromatic rings. The second-order valence-electron chi connectivity index (χ2n) is 5.76. The van der Waals surface area contributed by atoms with E-state index in [2.05, 4.69) is 4.98 Å². The third kappa shape index (κ3) is 5.13. The number of ether oxygens (including phenoxy) is 2. The van der Waals surface area contributed by atoms with Crippen molar-refractivity contribution in [3.05, 3.63) is 64.2 Å². The minimum Gasteiger partial charge on any atom is -0.462 e. The van der Waals surface area contributed by atoms with Crippen LogP contribution in [0.4, 0.5) is 4.39 Å². The highest BCUT2D eigenvalue weighted by Gasteiger charge is 2.23. The molecule has 1 heterocycles. The predicted molar refractivity (Wildman–Crippen MR) is 96.9 cm³/mol. The molecule has 0 saturated heterocycles. The molecule has 7 heteroatoms. The van der Waals surface area contributed by atoms with Gasteiger partial charge >= 0.3 is 11.9 Å². The zero-order valence-electron chi connectivity index (χ0n) is 15.3. The molecule has 0 unspecified atom stereocenters. The Morgan fingerprint density at radius 1 is 1.19 bits per heavy atom. The summed E-state index contributed by atoms with van der Waals surface area (Å²) in [5.74, 6) is -2.15. The number of rotatable bonds is 7. The predicted octanol–water partition coefficient (Wildman–Crippen LogP) is 3.39. The first kappa shape index (κ1) is 20.1. The molecule has 0 bridgehead atoms. The fraction of sp³-hybridized carbons (Fsp3) is 0.250. The standard InChI is InChI=1S/C20H20FNO5/c1-4-26-20(25)18-12(2)19(22-13(18)3)16(23)11-27-17(24)9-8-14-6-5-7-15(21)10-14/h5-10,22H,4,11H2,1-3H3. The molecule has 1 aromatic carbocycles. The van der Waals surface area contributed by atoms with E-state index in [0.29, 0.717) is 22.4 Å². The highest BCUT2D eigenvalue weighted by Crippen LogP contribution is 2.19. The van der Waals surface area contributed by atoms with Crippen LogP contribution in [0.15, 0.2) is 30.3 Å². The molecule has 27 heavy (non-hydrogen) atoms. The van der Waals surface area contributed by atoms with Crippen molar-refractivity contribution in [2.45, 2.75) is 20.8 Å². The smallest absolute Gasteiger partial charge is 0.340 e. The Morgan fingerprint density at radius 2 is 1.93 bits per heavy atom. The molecule has 0 aliphatic carbocycles.